The van der Waals surface area contributed by atoms with Gasteiger partial charge >= 0.3 is 6.03 Å². The Bertz CT molecular complexity index is 1320. The first kappa shape index (κ1) is 23.3. The number of carbonyl (C=O) groups excluding carboxylic acids is 4. The number of piperazine rings is 1. The van der Waals surface area contributed by atoms with Gasteiger partial charge in [0.15, 0.2) is 0 Å². The Balaban J connectivity index is 1.19. The number of imide groups is 2. The number of amides is 5. The van der Waals surface area contributed by atoms with Crippen LogP contribution < -0.4 is 10.2 Å². The molecule has 36 heavy (non-hydrogen) atoms. The number of anilines is 1. The molecule has 2 aromatic carbocycles. The van der Waals surface area contributed by atoms with E-state index in [1.807, 2.05) is 18.2 Å². The van der Waals surface area contributed by atoms with Crippen molar-refractivity contribution >= 4 is 52.6 Å². The van der Waals surface area contributed by atoms with E-state index in [1.54, 1.807) is 18.2 Å². The smallest absolute Gasteiger partial charge is 0.343 e. The third-order valence-corrected chi connectivity index (χ3v) is 8.28. The number of nitrogens with zero attached hydrogens (tertiary/aromatic N) is 4. The predicted octanol–water partition coefficient (Wildman–Crippen LogP) is 3.30. The second kappa shape index (κ2) is 8.76. The van der Waals surface area contributed by atoms with Crippen LogP contribution in [0.25, 0.3) is 0 Å². The highest BCUT2D eigenvalue weighted by Crippen LogP contribution is 2.39. The Hall–Kier alpha value is -3.14. The number of nitrogens with one attached hydrogen (secondary N) is 1. The van der Waals surface area contributed by atoms with Crippen LogP contribution in [0.5, 0.6) is 0 Å². The van der Waals surface area contributed by atoms with Gasteiger partial charge in [0.2, 0.25) is 5.91 Å². The summed E-state index contributed by atoms with van der Waals surface area (Å²) < 4.78 is 0. The zero-order valence-corrected chi connectivity index (χ0v) is 20.8. The van der Waals surface area contributed by atoms with E-state index < -0.39 is 23.8 Å². The molecule has 5 heterocycles. The maximum absolute atomic E-state index is 13.1. The van der Waals surface area contributed by atoms with Crippen LogP contribution in [0.4, 0.5) is 10.5 Å². The van der Waals surface area contributed by atoms with Gasteiger partial charge in [-0.15, -0.1) is 0 Å². The lowest BCUT2D eigenvalue weighted by Gasteiger charge is -2.52. The highest BCUT2D eigenvalue weighted by molar-refractivity contribution is 6.43. The number of carbonyl (C=O) groups is 4. The Morgan fingerprint density at radius 1 is 0.917 bits per heavy atom. The van der Waals surface area contributed by atoms with E-state index in [0.717, 1.165) is 47.2 Å². The summed E-state index contributed by atoms with van der Waals surface area (Å²) in [6, 6.07) is 10.8. The molecular formula is C25H23Cl2N5O4. The number of halogens is 2. The molecule has 11 heteroatoms. The highest BCUT2D eigenvalue weighted by atomic mass is 35.5. The number of hydrogen-bond donors (Lipinski definition) is 1. The van der Waals surface area contributed by atoms with Gasteiger partial charge in [-0.05, 0) is 42.7 Å². The van der Waals surface area contributed by atoms with Crippen molar-refractivity contribution in [3.05, 3.63) is 63.1 Å². The number of hydrazine groups is 1. The number of fused-ring (bicyclic) bond motifs is 4. The van der Waals surface area contributed by atoms with Crippen molar-refractivity contribution in [1.29, 1.82) is 0 Å². The third-order valence-electron chi connectivity index (χ3n) is 7.47. The number of rotatable bonds is 4. The summed E-state index contributed by atoms with van der Waals surface area (Å²) in [7, 11) is 0. The molecule has 9 nitrogen and oxygen atoms in total. The third kappa shape index (κ3) is 3.73. The maximum Gasteiger partial charge on any atom is 0.343 e. The lowest BCUT2D eigenvalue weighted by molar-refractivity contribution is -0.122. The van der Waals surface area contributed by atoms with Crippen LogP contribution in [0.2, 0.25) is 10.0 Å². The van der Waals surface area contributed by atoms with Gasteiger partial charge in [-0.1, -0.05) is 35.3 Å². The van der Waals surface area contributed by atoms with Crippen LogP contribution in [0.3, 0.4) is 0 Å². The molecule has 2 unspecified atom stereocenters. The average molecular weight is 528 g/mol. The zero-order chi connectivity index (χ0) is 25.1. The largest absolute Gasteiger partial charge is 0.364 e. The Morgan fingerprint density at radius 3 is 2.44 bits per heavy atom. The fourth-order valence-electron chi connectivity index (χ4n) is 5.69. The van der Waals surface area contributed by atoms with Gasteiger partial charge in [0.05, 0.1) is 33.4 Å². The lowest BCUT2D eigenvalue weighted by Crippen LogP contribution is -2.62. The standard InChI is InChI=1S/C25H23Cl2N5O4/c26-19-2-1-3-20(22(19)27)30-13-15-5-6-16(30)12-29(15)11-14-4-7-17-18(10-14)24(35)32(23(17)34)31-9-8-21(33)28-25(31)36/h1-4,7,10,15-16H,5-6,8-9,11-13H2,(H,28,33,36). The molecule has 2 aromatic rings. The van der Waals surface area contributed by atoms with Gasteiger partial charge in [-0.3, -0.25) is 24.6 Å². The minimum atomic E-state index is -0.769. The summed E-state index contributed by atoms with van der Waals surface area (Å²) in [6.07, 6.45) is 2.16. The molecule has 0 spiro atoms. The van der Waals surface area contributed by atoms with Crippen LogP contribution in [0.15, 0.2) is 36.4 Å². The van der Waals surface area contributed by atoms with Crippen molar-refractivity contribution < 1.29 is 19.2 Å². The van der Waals surface area contributed by atoms with E-state index in [9.17, 15) is 19.2 Å². The second-order valence-corrected chi connectivity index (χ2v) is 10.4. The summed E-state index contributed by atoms with van der Waals surface area (Å²) in [5, 5.41) is 5.13. The van der Waals surface area contributed by atoms with Crippen molar-refractivity contribution in [2.45, 2.75) is 37.9 Å². The van der Waals surface area contributed by atoms with Crippen molar-refractivity contribution in [2.24, 2.45) is 0 Å². The van der Waals surface area contributed by atoms with Gasteiger partial charge in [0.25, 0.3) is 11.8 Å². The van der Waals surface area contributed by atoms with E-state index in [-0.39, 0.29) is 24.1 Å². The molecule has 4 fully saturated rings. The summed E-state index contributed by atoms with van der Waals surface area (Å²) in [5.74, 6) is -1.54. The number of urea groups is 1. The number of piperidine rings is 2. The van der Waals surface area contributed by atoms with Gasteiger partial charge < -0.3 is 4.90 Å². The molecule has 5 amide bonds. The lowest BCUT2D eigenvalue weighted by atomic mass is 9.89. The zero-order valence-electron chi connectivity index (χ0n) is 19.2. The van der Waals surface area contributed by atoms with Crippen LogP contribution in [-0.2, 0) is 11.3 Å². The van der Waals surface area contributed by atoms with E-state index >= 15 is 0 Å². The van der Waals surface area contributed by atoms with E-state index in [1.165, 1.54) is 0 Å². The monoisotopic (exact) mass is 527 g/mol. The molecule has 1 N–H and O–H groups in total. The topological polar surface area (TPSA) is 93.3 Å². The highest BCUT2D eigenvalue weighted by Gasteiger charge is 2.44. The molecule has 5 aliphatic heterocycles. The van der Waals surface area contributed by atoms with Gasteiger partial charge in [-0.25, -0.2) is 9.80 Å². The van der Waals surface area contributed by atoms with E-state index in [0.29, 0.717) is 28.7 Å². The quantitative estimate of drug-likeness (QED) is 0.613. The van der Waals surface area contributed by atoms with Gasteiger partial charge in [0.1, 0.15) is 0 Å². The normalized spacial score (nSPS) is 24.0. The van der Waals surface area contributed by atoms with E-state index in [4.69, 9.17) is 23.2 Å². The molecule has 5 aliphatic rings. The number of benzene rings is 2. The molecule has 2 atom stereocenters. The number of hydrogen-bond acceptors (Lipinski definition) is 6. The molecule has 2 bridgehead atoms. The first-order chi connectivity index (χ1) is 17.3. The predicted molar refractivity (Wildman–Crippen MR) is 133 cm³/mol. The van der Waals surface area contributed by atoms with Crippen LogP contribution in [0, 0.1) is 0 Å². The first-order valence-electron chi connectivity index (χ1n) is 11.9. The average Bonchev–Trinajstić information content (AvgIpc) is 3.11. The van der Waals surface area contributed by atoms with Gasteiger partial charge in [0, 0.05) is 38.1 Å². The summed E-state index contributed by atoms with van der Waals surface area (Å²) in [6.45, 7) is 2.31. The molecule has 0 aliphatic carbocycles. The Labute approximate surface area is 217 Å². The van der Waals surface area contributed by atoms with Crippen LogP contribution in [0.1, 0.15) is 45.5 Å². The van der Waals surface area contributed by atoms with Crippen molar-refractivity contribution in [3.63, 3.8) is 0 Å². The maximum atomic E-state index is 13.1. The first-order valence-corrected chi connectivity index (χ1v) is 12.6. The molecule has 0 saturated carbocycles. The molecular weight excluding hydrogens is 505 g/mol. The van der Waals surface area contributed by atoms with Crippen molar-refractivity contribution in [1.82, 2.24) is 20.2 Å². The SMILES string of the molecule is O=C1CCN(N2C(=O)c3ccc(CN4CC5CCC4CN5c4cccc(Cl)c4Cl)cc3C2=O)C(=O)N1. The van der Waals surface area contributed by atoms with Crippen LogP contribution >= 0.6 is 23.2 Å². The molecule has 0 radical (unpaired) electrons. The fraction of sp³-hybridized carbons (Fsp3) is 0.360. The van der Waals surface area contributed by atoms with Gasteiger partial charge in [-0.2, -0.15) is 5.01 Å². The summed E-state index contributed by atoms with van der Waals surface area (Å²) >= 11 is 12.7. The van der Waals surface area contributed by atoms with Crippen LogP contribution in [-0.4, -0.2) is 70.4 Å². The second-order valence-electron chi connectivity index (χ2n) is 9.57. The summed E-state index contributed by atoms with van der Waals surface area (Å²) in [4.78, 5) is 54.5. The Kier molecular flexibility index (Phi) is 5.66. The minimum absolute atomic E-state index is 0.0209. The molecule has 7 rings (SSSR count). The molecule has 4 saturated heterocycles. The van der Waals surface area contributed by atoms with Crippen molar-refractivity contribution in [2.75, 3.05) is 24.5 Å². The summed E-state index contributed by atoms with van der Waals surface area (Å²) in [5.41, 5.74) is 2.42. The minimum Gasteiger partial charge on any atom is -0.364 e. The molecule has 186 valence electrons. The molecule has 0 aromatic heterocycles. The van der Waals surface area contributed by atoms with E-state index in [2.05, 4.69) is 15.1 Å². The van der Waals surface area contributed by atoms with Crippen molar-refractivity contribution in [3.8, 4) is 0 Å². The fourth-order valence-corrected chi connectivity index (χ4v) is 6.10. The Morgan fingerprint density at radius 2 is 1.69 bits per heavy atom.